The monoisotopic (exact) mass is 333 g/mol. The van der Waals surface area contributed by atoms with Gasteiger partial charge in [0.2, 0.25) is 0 Å². The highest BCUT2D eigenvalue weighted by Gasteiger charge is 2.05. The van der Waals surface area contributed by atoms with E-state index in [9.17, 15) is 0 Å². The van der Waals surface area contributed by atoms with Gasteiger partial charge in [-0.2, -0.15) is 0 Å². The van der Waals surface area contributed by atoms with E-state index in [1.54, 1.807) is 0 Å². The smallest absolute Gasteiger partial charge is 0.127 e. The van der Waals surface area contributed by atoms with E-state index in [4.69, 9.17) is 9.47 Å². The first-order valence-corrected chi connectivity index (χ1v) is 8.50. The van der Waals surface area contributed by atoms with Gasteiger partial charge in [-0.25, -0.2) is 0 Å². The van der Waals surface area contributed by atoms with Gasteiger partial charge in [-0.15, -0.1) is 0 Å². The Kier molecular flexibility index (Phi) is 6.07. The number of benzene rings is 3. The molecule has 0 aliphatic carbocycles. The Balaban J connectivity index is 1.54. The molecule has 3 aromatic carbocycles. The van der Waals surface area contributed by atoms with Gasteiger partial charge in [0, 0.05) is 12.1 Å². The molecule has 0 saturated heterocycles. The zero-order valence-corrected chi connectivity index (χ0v) is 14.4. The summed E-state index contributed by atoms with van der Waals surface area (Å²) in [5, 5.41) is 3.13. The summed E-state index contributed by atoms with van der Waals surface area (Å²) in [6.45, 7) is 1.87. The third-order valence-corrected chi connectivity index (χ3v) is 3.89. The van der Waals surface area contributed by atoms with Crippen molar-refractivity contribution in [2.45, 2.75) is 6.54 Å². The van der Waals surface area contributed by atoms with Crippen LogP contribution in [0.25, 0.3) is 11.1 Å². The molecule has 3 heteroatoms. The van der Waals surface area contributed by atoms with Crippen LogP contribution < -0.4 is 14.8 Å². The Morgan fingerprint density at radius 2 is 1.40 bits per heavy atom. The Morgan fingerprint density at radius 3 is 2.16 bits per heavy atom. The largest absolute Gasteiger partial charge is 0.490 e. The van der Waals surface area contributed by atoms with Crippen molar-refractivity contribution in [2.24, 2.45) is 0 Å². The molecule has 3 aromatic rings. The van der Waals surface area contributed by atoms with E-state index in [-0.39, 0.29) is 0 Å². The lowest BCUT2D eigenvalue weighted by molar-refractivity contribution is 0.217. The van der Waals surface area contributed by atoms with Crippen LogP contribution in [0.3, 0.4) is 0 Å². The fourth-order valence-electron chi connectivity index (χ4n) is 2.67. The number of hydrogen-bond acceptors (Lipinski definition) is 3. The first-order valence-electron chi connectivity index (χ1n) is 8.50. The molecule has 1 N–H and O–H groups in total. The van der Waals surface area contributed by atoms with Crippen LogP contribution in [-0.2, 0) is 6.54 Å². The maximum atomic E-state index is 5.94. The second kappa shape index (κ2) is 8.90. The highest BCUT2D eigenvalue weighted by molar-refractivity contribution is 5.70. The van der Waals surface area contributed by atoms with Crippen LogP contribution in [0.4, 0.5) is 0 Å². The van der Waals surface area contributed by atoms with Crippen molar-refractivity contribution in [3.8, 4) is 22.6 Å². The number of hydrogen-bond donors (Lipinski definition) is 1. The third kappa shape index (κ3) is 4.85. The maximum Gasteiger partial charge on any atom is 0.127 e. The van der Waals surface area contributed by atoms with Crippen molar-refractivity contribution in [2.75, 3.05) is 20.3 Å². The van der Waals surface area contributed by atoms with Crippen molar-refractivity contribution in [1.29, 1.82) is 0 Å². The van der Waals surface area contributed by atoms with E-state index in [1.165, 1.54) is 5.56 Å². The van der Waals surface area contributed by atoms with Crippen molar-refractivity contribution >= 4 is 0 Å². The van der Waals surface area contributed by atoms with Gasteiger partial charge in [0.25, 0.3) is 0 Å². The van der Waals surface area contributed by atoms with E-state index in [2.05, 4.69) is 35.6 Å². The number of para-hydroxylation sites is 1. The minimum absolute atomic E-state index is 0.502. The number of ether oxygens (including phenoxy) is 2. The zero-order valence-electron chi connectivity index (χ0n) is 14.4. The molecule has 0 amide bonds. The van der Waals surface area contributed by atoms with Crippen LogP contribution in [0.5, 0.6) is 11.5 Å². The predicted molar refractivity (Wildman–Crippen MR) is 102 cm³/mol. The predicted octanol–water partition coefficient (Wildman–Crippen LogP) is 4.53. The lowest BCUT2D eigenvalue weighted by Gasteiger charge is -2.12. The van der Waals surface area contributed by atoms with Crippen molar-refractivity contribution in [1.82, 2.24) is 5.32 Å². The normalized spacial score (nSPS) is 10.4. The maximum absolute atomic E-state index is 5.94. The standard InChI is InChI=1S/C22H23NO2/c1-23-17-18-11-13-20(14-12-18)24-15-16-25-22-10-6-5-9-21(22)19-7-3-2-4-8-19/h2-14,23H,15-17H2,1H3. The second-order valence-electron chi connectivity index (χ2n) is 5.73. The molecular weight excluding hydrogens is 310 g/mol. The Hall–Kier alpha value is -2.78. The van der Waals surface area contributed by atoms with Gasteiger partial charge in [-0.1, -0.05) is 60.7 Å². The molecule has 0 fully saturated rings. The van der Waals surface area contributed by atoms with Crippen LogP contribution in [0.15, 0.2) is 78.9 Å². The number of nitrogens with one attached hydrogen (secondary N) is 1. The van der Waals surface area contributed by atoms with E-state index in [0.29, 0.717) is 13.2 Å². The molecule has 0 aliphatic heterocycles. The summed E-state index contributed by atoms with van der Waals surface area (Å²) in [4.78, 5) is 0. The average molecular weight is 333 g/mol. The highest BCUT2D eigenvalue weighted by Crippen LogP contribution is 2.29. The molecule has 0 unspecified atom stereocenters. The highest BCUT2D eigenvalue weighted by atomic mass is 16.5. The Morgan fingerprint density at radius 1 is 0.720 bits per heavy atom. The molecule has 128 valence electrons. The molecule has 0 saturated carbocycles. The van der Waals surface area contributed by atoms with Gasteiger partial charge in [0.15, 0.2) is 0 Å². The molecule has 0 spiro atoms. The SMILES string of the molecule is CNCc1ccc(OCCOc2ccccc2-c2ccccc2)cc1. The van der Waals surface area contributed by atoms with E-state index >= 15 is 0 Å². The topological polar surface area (TPSA) is 30.5 Å². The Bertz CT molecular complexity index is 770. The molecule has 0 aliphatic rings. The van der Waals surface area contributed by atoms with Crippen LogP contribution in [0.2, 0.25) is 0 Å². The van der Waals surface area contributed by atoms with E-state index in [0.717, 1.165) is 29.2 Å². The lowest BCUT2D eigenvalue weighted by Crippen LogP contribution is -2.09. The van der Waals surface area contributed by atoms with E-state index < -0.39 is 0 Å². The summed E-state index contributed by atoms with van der Waals surface area (Å²) in [7, 11) is 1.94. The zero-order chi connectivity index (χ0) is 17.3. The van der Waals surface area contributed by atoms with Crippen LogP contribution >= 0.6 is 0 Å². The van der Waals surface area contributed by atoms with Gasteiger partial charge in [0.1, 0.15) is 24.7 Å². The van der Waals surface area contributed by atoms with Gasteiger partial charge in [0.05, 0.1) is 0 Å². The van der Waals surface area contributed by atoms with Crippen molar-refractivity contribution in [3.05, 3.63) is 84.4 Å². The molecule has 0 radical (unpaired) electrons. The van der Waals surface area contributed by atoms with Crippen LogP contribution in [0.1, 0.15) is 5.56 Å². The van der Waals surface area contributed by atoms with Gasteiger partial charge in [-0.3, -0.25) is 0 Å². The molecule has 3 rings (SSSR count). The van der Waals surface area contributed by atoms with Gasteiger partial charge >= 0.3 is 0 Å². The molecule has 0 heterocycles. The first-order chi connectivity index (χ1) is 12.4. The lowest BCUT2D eigenvalue weighted by atomic mass is 10.1. The Labute approximate surface area is 149 Å². The van der Waals surface area contributed by atoms with Gasteiger partial charge < -0.3 is 14.8 Å². The second-order valence-corrected chi connectivity index (χ2v) is 5.73. The van der Waals surface area contributed by atoms with Crippen molar-refractivity contribution in [3.63, 3.8) is 0 Å². The van der Waals surface area contributed by atoms with Crippen molar-refractivity contribution < 1.29 is 9.47 Å². The van der Waals surface area contributed by atoms with Gasteiger partial charge in [-0.05, 0) is 36.4 Å². The minimum atomic E-state index is 0.502. The molecule has 0 aromatic heterocycles. The quantitative estimate of drug-likeness (QED) is 0.614. The van der Waals surface area contributed by atoms with Crippen LogP contribution in [0, 0.1) is 0 Å². The summed E-state index contributed by atoms with van der Waals surface area (Å²) in [6, 6.07) is 26.5. The minimum Gasteiger partial charge on any atom is -0.490 e. The average Bonchev–Trinajstić information content (AvgIpc) is 2.68. The molecule has 0 atom stereocenters. The van der Waals surface area contributed by atoms with E-state index in [1.807, 2.05) is 55.6 Å². The first kappa shape index (κ1) is 17.1. The summed E-state index contributed by atoms with van der Waals surface area (Å²) in [5.41, 5.74) is 3.49. The third-order valence-electron chi connectivity index (χ3n) is 3.89. The summed E-state index contributed by atoms with van der Waals surface area (Å²) < 4.78 is 11.7. The molecule has 0 bridgehead atoms. The number of rotatable bonds is 8. The summed E-state index contributed by atoms with van der Waals surface area (Å²) >= 11 is 0. The fourth-order valence-corrected chi connectivity index (χ4v) is 2.67. The van der Waals surface area contributed by atoms with Crippen LogP contribution in [-0.4, -0.2) is 20.3 Å². The summed E-state index contributed by atoms with van der Waals surface area (Å²) in [5.74, 6) is 1.74. The molecule has 3 nitrogen and oxygen atoms in total. The molecule has 25 heavy (non-hydrogen) atoms. The molecular formula is C22H23NO2. The fraction of sp³-hybridized carbons (Fsp3) is 0.182. The summed E-state index contributed by atoms with van der Waals surface area (Å²) in [6.07, 6.45) is 0.